The van der Waals surface area contributed by atoms with Crippen molar-refractivity contribution in [1.82, 2.24) is 9.88 Å². The molecule has 2 heterocycles. The Bertz CT molecular complexity index is 794. The highest BCUT2D eigenvalue weighted by Gasteiger charge is 2.20. The minimum atomic E-state index is -0.853. The molecule has 1 unspecified atom stereocenters. The first-order chi connectivity index (χ1) is 12.0. The summed E-state index contributed by atoms with van der Waals surface area (Å²) in [5.74, 6) is -1.41. The minimum Gasteiger partial charge on any atom is -0.491 e. The number of methoxy groups -OCH3 is 1. The molecule has 5 nitrogen and oxygen atoms in total. The SMILES string of the molecule is COc1c[nH]c(CN2CCCC(Nc3ccc(F)c(F)c3)C2)cc1=O. The lowest BCUT2D eigenvalue weighted by Crippen LogP contribution is -2.41. The molecule has 1 aromatic carbocycles. The number of likely N-dealkylation sites (tertiary alicyclic amines) is 1. The van der Waals surface area contributed by atoms with Gasteiger partial charge in [0.1, 0.15) is 0 Å². The second-order valence-corrected chi connectivity index (χ2v) is 6.24. The predicted molar refractivity (Wildman–Crippen MR) is 91.9 cm³/mol. The van der Waals surface area contributed by atoms with E-state index < -0.39 is 11.6 Å². The molecule has 0 aliphatic carbocycles. The van der Waals surface area contributed by atoms with Crippen LogP contribution < -0.4 is 15.5 Å². The van der Waals surface area contributed by atoms with Gasteiger partial charge < -0.3 is 15.0 Å². The lowest BCUT2D eigenvalue weighted by molar-refractivity contribution is 0.206. The topological polar surface area (TPSA) is 57.4 Å². The van der Waals surface area contributed by atoms with Crippen LogP contribution in [0.5, 0.6) is 5.75 Å². The highest BCUT2D eigenvalue weighted by Crippen LogP contribution is 2.19. The third kappa shape index (κ3) is 4.36. The quantitative estimate of drug-likeness (QED) is 0.872. The van der Waals surface area contributed by atoms with Gasteiger partial charge in [0.05, 0.1) is 7.11 Å². The van der Waals surface area contributed by atoms with Crippen LogP contribution >= 0.6 is 0 Å². The van der Waals surface area contributed by atoms with E-state index >= 15 is 0 Å². The van der Waals surface area contributed by atoms with Gasteiger partial charge in [0, 0.05) is 48.8 Å². The third-order valence-corrected chi connectivity index (χ3v) is 4.35. The molecule has 2 N–H and O–H groups in total. The van der Waals surface area contributed by atoms with Crippen molar-refractivity contribution in [2.45, 2.75) is 25.4 Å². The van der Waals surface area contributed by atoms with E-state index in [1.807, 2.05) is 0 Å². The van der Waals surface area contributed by atoms with Gasteiger partial charge in [0.2, 0.25) is 5.43 Å². The van der Waals surface area contributed by atoms with E-state index in [1.165, 1.54) is 19.2 Å². The predicted octanol–water partition coefficient (Wildman–Crippen LogP) is 2.74. The first-order valence-corrected chi connectivity index (χ1v) is 8.24. The average molecular weight is 349 g/mol. The van der Waals surface area contributed by atoms with Gasteiger partial charge in [0.15, 0.2) is 17.4 Å². The molecule has 3 rings (SSSR count). The molecule has 2 aromatic rings. The first kappa shape index (κ1) is 17.4. The molecule has 7 heteroatoms. The number of piperidine rings is 1. The molecule has 1 atom stereocenters. The van der Waals surface area contributed by atoms with Crippen LogP contribution in [0.25, 0.3) is 0 Å². The summed E-state index contributed by atoms with van der Waals surface area (Å²) in [6, 6.07) is 5.53. The number of benzene rings is 1. The van der Waals surface area contributed by atoms with E-state index in [4.69, 9.17) is 4.74 Å². The van der Waals surface area contributed by atoms with Crippen molar-refractivity contribution in [3.63, 3.8) is 0 Å². The number of H-pyrrole nitrogens is 1. The van der Waals surface area contributed by atoms with Crippen molar-refractivity contribution in [2.24, 2.45) is 0 Å². The number of ether oxygens (including phenoxy) is 1. The lowest BCUT2D eigenvalue weighted by Gasteiger charge is -2.33. The highest BCUT2D eigenvalue weighted by atomic mass is 19.2. The Hall–Kier alpha value is -2.41. The molecule has 25 heavy (non-hydrogen) atoms. The Labute approximate surface area is 144 Å². The van der Waals surface area contributed by atoms with E-state index in [0.717, 1.165) is 37.7 Å². The van der Waals surface area contributed by atoms with Crippen molar-refractivity contribution in [2.75, 3.05) is 25.5 Å². The van der Waals surface area contributed by atoms with Crippen molar-refractivity contribution in [3.05, 3.63) is 58.0 Å². The Kier molecular flexibility index (Phi) is 5.33. The number of aromatic nitrogens is 1. The Morgan fingerprint density at radius 3 is 2.88 bits per heavy atom. The number of hydrogen-bond donors (Lipinski definition) is 2. The number of hydrogen-bond acceptors (Lipinski definition) is 4. The zero-order chi connectivity index (χ0) is 17.8. The van der Waals surface area contributed by atoms with E-state index in [9.17, 15) is 13.6 Å². The fourth-order valence-corrected chi connectivity index (χ4v) is 3.13. The highest BCUT2D eigenvalue weighted by molar-refractivity contribution is 5.44. The molecule has 1 saturated heterocycles. The van der Waals surface area contributed by atoms with Crippen LogP contribution in [0.1, 0.15) is 18.5 Å². The summed E-state index contributed by atoms with van der Waals surface area (Å²) >= 11 is 0. The van der Waals surface area contributed by atoms with E-state index in [1.54, 1.807) is 12.3 Å². The summed E-state index contributed by atoms with van der Waals surface area (Å²) in [5, 5.41) is 3.25. The van der Waals surface area contributed by atoms with Crippen LogP contribution in [0.2, 0.25) is 0 Å². The number of aromatic amines is 1. The zero-order valence-electron chi connectivity index (χ0n) is 14.0. The Morgan fingerprint density at radius 2 is 2.16 bits per heavy atom. The van der Waals surface area contributed by atoms with E-state index in [0.29, 0.717) is 18.0 Å². The normalized spacial score (nSPS) is 18.1. The van der Waals surface area contributed by atoms with Crippen molar-refractivity contribution in [1.29, 1.82) is 0 Å². The van der Waals surface area contributed by atoms with E-state index in [-0.39, 0.29) is 11.5 Å². The third-order valence-electron chi connectivity index (χ3n) is 4.35. The van der Waals surface area contributed by atoms with Gasteiger partial charge in [-0.05, 0) is 31.5 Å². The van der Waals surface area contributed by atoms with Crippen molar-refractivity contribution in [3.8, 4) is 5.75 Å². The summed E-state index contributed by atoms with van der Waals surface area (Å²) in [5.41, 5.74) is 1.24. The second kappa shape index (κ2) is 7.65. The van der Waals surface area contributed by atoms with Crippen LogP contribution in [-0.2, 0) is 6.54 Å². The Balaban J connectivity index is 1.61. The summed E-state index contributed by atoms with van der Waals surface area (Å²) in [6.45, 7) is 2.30. The molecule has 134 valence electrons. The first-order valence-electron chi connectivity index (χ1n) is 8.24. The van der Waals surface area contributed by atoms with Crippen LogP contribution in [0.15, 0.2) is 35.3 Å². The number of nitrogens with zero attached hydrogens (tertiary/aromatic N) is 1. The fourth-order valence-electron chi connectivity index (χ4n) is 3.13. The number of rotatable bonds is 5. The van der Waals surface area contributed by atoms with Crippen LogP contribution in [0.4, 0.5) is 14.5 Å². The van der Waals surface area contributed by atoms with Gasteiger partial charge in [-0.25, -0.2) is 8.78 Å². The molecule has 0 bridgehead atoms. The number of anilines is 1. The molecule has 0 spiro atoms. The smallest absolute Gasteiger partial charge is 0.223 e. The van der Waals surface area contributed by atoms with Crippen LogP contribution in [-0.4, -0.2) is 36.1 Å². The molecule has 1 aliphatic rings. The Morgan fingerprint density at radius 1 is 1.32 bits per heavy atom. The van der Waals surface area contributed by atoms with Crippen molar-refractivity contribution < 1.29 is 13.5 Å². The maximum Gasteiger partial charge on any atom is 0.223 e. The number of nitrogens with one attached hydrogen (secondary N) is 2. The second-order valence-electron chi connectivity index (χ2n) is 6.24. The summed E-state index contributed by atoms with van der Waals surface area (Å²) < 4.78 is 31.3. The van der Waals surface area contributed by atoms with Crippen molar-refractivity contribution >= 4 is 5.69 Å². The van der Waals surface area contributed by atoms with Gasteiger partial charge in [-0.15, -0.1) is 0 Å². The maximum atomic E-state index is 13.3. The molecule has 0 radical (unpaired) electrons. The van der Waals surface area contributed by atoms with Crippen LogP contribution in [0.3, 0.4) is 0 Å². The fraction of sp³-hybridized carbons (Fsp3) is 0.389. The molecule has 0 amide bonds. The standard InChI is InChI=1S/C18H21F2N3O2/c1-25-18-9-21-14(8-17(18)24)11-23-6-2-3-13(10-23)22-12-4-5-15(19)16(20)7-12/h4-5,7-9,13,22H,2-3,6,10-11H2,1H3,(H,21,24). The molecule has 1 fully saturated rings. The summed E-state index contributed by atoms with van der Waals surface area (Å²) in [6.07, 6.45) is 3.51. The molecule has 0 saturated carbocycles. The van der Waals surface area contributed by atoms with E-state index in [2.05, 4.69) is 15.2 Å². The summed E-state index contributed by atoms with van der Waals surface area (Å²) in [4.78, 5) is 17.1. The minimum absolute atomic E-state index is 0.142. The largest absolute Gasteiger partial charge is 0.491 e. The number of halogens is 2. The van der Waals surface area contributed by atoms with Gasteiger partial charge >= 0.3 is 0 Å². The van der Waals surface area contributed by atoms with Gasteiger partial charge in [-0.1, -0.05) is 0 Å². The maximum absolute atomic E-state index is 13.3. The van der Waals surface area contributed by atoms with Gasteiger partial charge in [-0.2, -0.15) is 0 Å². The van der Waals surface area contributed by atoms with Crippen LogP contribution in [0, 0.1) is 11.6 Å². The molecule has 1 aliphatic heterocycles. The monoisotopic (exact) mass is 349 g/mol. The average Bonchev–Trinajstić information content (AvgIpc) is 2.59. The molecule has 1 aromatic heterocycles. The lowest BCUT2D eigenvalue weighted by atomic mass is 10.0. The zero-order valence-corrected chi connectivity index (χ0v) is 14.0. The molecular formula is C18H21F2N3O2. The molecular weight excluding hydrogens is 328 g/mol. The summed E-state index contributed by atoms with van der Waals surface area (Å²) in [7, 11) is 1.46. The van der Waals surface area contributed by atoms with Gasteiger partial charge in [-0.3, -0.25) is 9.69 Å². The van der Waals surface area contributed by atoms with Gasteiger partial charge in [0.25, 0.3) is 0 Å². The number of pyridine rings is 1.